The summed E-state index contributed by atoms with van der Waals surface area (Å²) >= 11 is 5.77. The van der Waals surface area contributed by atoms with Gasteiger partial charge >= 0.3 is 0 Å². The van der Waals surface area contributed by atoms with Gasteiger partial charge in [-0.15, -0.1) is 0 Å². The summed E-state index contributed by atoms with van der Waals surface area (Å²) in [5.74, 6) is -1.97. The van der Waals surface area contributed by atoms with Gasteiger partial charge in [-0.3, -0.25) is 4.79 Å². The Labute approximate surface area is 126 Å². The highest BCUT2D eigenvalue weighted by Gasteiger charge is 2.19. The lowest BCUT2D eigenvalue weighted by atomic mass is 10.3. The topological polar surface area (TPSA) is 63.2 Å². The zero-order valence-corrected chi connectivity index (χ0v) is 12.3. The Morgan fingerprint density at radius 3 is 2.43 bits per heavy atom. The summed E-state index contributed by atoms with van der Waals surface area (Å²) in [6, 6.07) is 10.7. The van der Waals surface area contributed by atoms with Crippen LogP contribution in [0.15, 0.2) is 53.4 Å². The zero-order valence-electron chi connectivity index (χ0n) is 10.7. The van der Waals surface area contributed by atoms with Gasteiger partial charge in [0, 0.05) is 10.7 Å². The van der Waals surface area contributed by atoms with Gasteiger partial charge in [0.05, 0.1) is 4.90 Å². The molecule has 0 radical (unpaired) electrons. The van der Waals surface area contributed by atoms with Crippen molar-refractivity contribution in [3.05, 3.63) is 59.4 Å². The van der Waals surface area contributed by atoms with Crippen LogP contribution >= 0.6 is 11.6 Å². The predicted molar refractivity (Wildman–Crippen MR) is 78.5 cm³/mol. The number of nitrogens with one attached hydrogen (secondary N) is 1. The molecule has 2 rings (SSSR count). The van der Waals surface area contributed by atoms with E-state index in [0.717, 1.165) is 24.3 Å². The van der Waals surface area contributed by atoms with E-state index in [-0.39, 0.29) is 4.90 Å². The third kappa shape index (κ3) is 4.27. The van der Waals surface area contributed by atoms with Crippen molar-refractivity contribution in [2.75, 3.05) is 11.1 Å². The molecular formula is C14H11ClFNO3S. The second-order valence-corrected chi connectivity index (χ2v) is 6.70. The first-order chi connectivity index (χ1) is 9.87. The van der Waals surface area contributed by atoms with Gasteiger partial charge in [0.2, 0.25) is 5.91 Å². The first-order valence-corrected chi connectivity index (χ1v) is 7.93. The Morgan fingerprint density at radius 1 is 1.14 bits per heavy atom. The highest BCUT2D eigenvalue weighted by molar-refractivity contribution is 7.92. The SMILES string of the molecule is O=C(CS(=O)(=O)c1ccc(F)cc1)Nc1cccc(Cl)c1. The molecule has 21 heavy (non-hydrogen) atoms. The minimum absolute atomic E-state index is 0.106. The lowest BCUT2D eigenvalue weighted by Crippen LogP contribution is -2.23. The largest absolute Gasteiger partial charge is 0.325 e. The fraction of sp³-hybridized carbons (Fsp3) is 0.0714. The standard InChI is InChI=1S/C14H11ClFNO3S/c15-10-2-1-3-12(8-10)17-14(18)9-21(19,20)13-6-4-11(16)5-7-13/h1-8H,9H2,(H,17,18). The predicted octanol–water partition coefficient (Wildman–Crippen LogP) is 2.89. The molecule has 110 valence electrons. The number of carbonyl (C=O) groups is 1. The van der Waals surface area contributed by atoms with Gasteiger partial charge in [-0.05, 0) is 42.5 Å². The molecule has 1 N–H and O–H groups in total. The summed E-state index contributed by atoms with van der Waals surface area (Å²) < 4.78 is 36.8. The first kappa shape index (κ1) is 15.5. The zero-order chi connectivity index (χ0) is 15.5. The molecule has 0 aromatic heterocycles. The number of rotatable bonds is 4. The molecule has 2 aromatic carbocycles. The van der Waals surface area contributed by atoms with Crippen LogP contribution in [0.4, 0.5) is 10.1 Å². The van der Waals surface area contributed by atoms with Gasteiger partial charge in [-0.2, -0.15) is 0 Å². The second-order valence-electron chi connectivity index (χ2n) is 4.27. The van der Waals surface area contributed by atoms with E-state index in [9.17, 15) is 17.6 Å². The highest BCUT2D eigenvalue weighted by atomic mass is 35.5. The first-order valence-electron chi connectivity index (χ1n) is 5.90. The van der Waals surface area contributed by atoms with E-state index in [1.54, 1.807) is 18.2 Å². The second kappa shape index (κ2) is 6.24. The fourth-order valence-corrected chi connectivity index (χ4v) is 2.99. The van der Waals surface area contributed by atoms with E-state index < -0.39 is 27.3 Å². The van der Waals surface area contributed by atoms with E-state index in [1.807, 2.05) is 0 Å². The van der Waals surface area contributed by atoms with Crippen molar-refractivity contribution >= 4 is 33.0 Å². The average molecular weight is 328 g/mol. The summed E-state index contributed by atoms with van der Waals surface area (Å²) in [6.45, 7) is 0. The van der Waals surface area contributed by atoms with Crippen LogP contribution in [0, 0.1) is 5.82 Å². The molecule has 0 aliphatic carbocycles. The van der Waals surface area contributed by atoms with Crippen LogP contribution in [-0.2, 0) is 14.6 Å². The molecule has 0 spiro atoms. The van der Waals surface area contributed by atoms with Crippen LogP contribution in [0.25, 0.3) is 0 Å². The molecule has 2 aromatic rings. The lowest BCUT2D eigenvalue weighted by molar-refractivity contribution is -0.113. The Kier molecular flexibility index (Phi) is 4.59. The van der Waals surface area contributed by atoms with E-state index in [2.05, 4.69) is 5.32 Å². The van der Waals surface area contributed by atoms with Crippen molar-refractivity contribution in [2.24, 2.45) is 0 Å². The Morgan fingerprint density at radius 2 is 1.81 bits per heavy atom. The van der Waals surface area contributed by atoms with Crippen LogP contribution in [0.2, 0.25) is 5.02 Å². The maximum Gasteiger partial charge on any atom is 0.239 e. The minimum Gasteiger partial charge on any atom is -0.325 e. The van der Waals surface area contributed by atoms with Crippen molar-refractivity contribution in [2.45, 2.75) is 4.90 Å². The molecule has 0 fully saturated rings. The summed E-state index contributed by atoms with van der Waals surface area (Å²) in [6.07, 6.45) is 0. The van der Waals surface area contributed by atoms with E-state index >= 15 is 0 Å². The quantitative estimate of drug-likeness (QED) is 0.878. The van der Waals surface area contributed by atoms with Gasteiger partial charge in [-0.1, -0.05) is 17.7 Å². The number of benzene rings is 2. The van der Waals surface area contributed by atoms with E-state index in [0.29, 0.717) is 10.7 Å². The number of carbonyl (C=O) groups excluding carboxylic acids is 1. The molecule has 0 unspecified atom stereocenters. The van der Waals surface area contributed by atoms with Crippen LogP contribution in [0.1, 0.15) is 0 Å². The lowest BCUT2D eigenvalue weighted by Gasteiger charge is -2.07. The van der Waals surface area contributed by atoms with Crippen LogP contribution in [0.5, 0.6) is 0 Å². The number of hydrogen-bond acceptors (Lipinski definition) is 3. The molecule has 7 heteroatoms. The molecule has 1 amide bonds. The summed E-state index contributed by atoms with van der Waals surface area (Å²) in [5, 5.41) is 2.87. The van der Waals surface area contributed by atoms with Crippen molar-refractivity contribution in [1.82, 2.24) is 0 Å². The highest BCUT2D eigenvalue weighted by Crippen LogP contribution is 2.16. The third-order valence-electron chi connectivity index (χ3n) is 2.60. The third-order valence-corrected chi connectivity index (χ3v) is 4.47. The molecular weight excluding hydrogens is 317 g/mol. The van der Waals surface area contributed by atoms with Crippen LogP contribution < -0.4 is 5.32 Å². The maximum atomic E-state index is 12.8. The Hall–Kier alpha value is -1.92. The fourth-order valence-electron chi connectivity index (χ4n) is 1.66. The molecule has 0 saturated heterocycles. The molecule has 4 nitrogen and oxygen atoms in total. The van der Waals surface area contributed by atoms with Crippen molar-refractivity contribution < 1.29 is 17.6 Å². The van der Waals surface area contributed by atoms with Crippen LogP contribution in [-0.4, -0.2) is 20.1 Å². The molecule has 0 aliphatic rings. The van der Waals surface area contributed by atoms with Crippen molar-refractivity contribution in [1.29, 1.82) is 0 Å². The van der Waals surface area contributed by atoms with Crippen molar-refractivity contribution in [3.63, 3.8) is 0 Å². The Bertz CT molecular complexity index is 760. The molecule has 0 atom stereocenters. The van der Waals surface area contributed by atoms with Crippen molar-refractivity contribution in [3.8, 4) is 0 Å². The number of anilines is 1. The van der Waals surface area contributed by atoms with Gasteiger partial charge in [0.25, 0.3) is 0 Å². The maximum absolute atomic E-state index is 12.8. The summed E-state index contributed by atoms with van der Waals surface area (Å²) in [4.78, 5) is 11.7. The summed E-state index contributed by atoms with van der Waals surface area (Å²) in [5.41, 5.74) is 0.404. The number of amides is 1. The van der Waals surface area contributed by atoms with Gasteiger partial charge in [-0.25, -0.2) is 12.8 Å². The molecule has 0 saturated carbocycles. The minimum atomic E-state index is -3.82. The monoisotopic (exact) mass is 327 g/mol. The number of sulfone groups is 1. The van der Waals surface area contributed by atoms with Gasteiger partial charge in [0.1, 0.15) is 11.6 Å². The van der Waals surface area contributed by atoms with Gasteiger partial charge < -0.3 is 5.32 Å². The molecule has 0 heterocycles. The van der Waals surface area contributed by atoms with E-state index in [4.69, 9.17) is 11.6 Å². The van der Waals surface area contributed by atoms with E-state index in [1.165, 1.54) is 6.07 Å². The van der Waals surface area contributed by atoms with Crippen LogP contribution in [0.3, 0.4) is 0 Å². The average Bonchev–Trinajstić information content (AvgIpc) is 2.38. The number of hydrogen-bond donors (Lipinski definition) is 1. The normalized spacial score (nSPS) is 11.1. The molecule has 0 aliphatic heterocycles. The summed E-state index contributed by atoms with van der Waals surface area (Å²) in [7, 11) is -3.82. The van der Waals surface area contributed by atoms with Gasteiger partial charge in [0.15, 0.2) is 9.84 Å². The smallest absolute Gasteiger partial charge is 0.239 e. The Balaban J connectivity index is 2.09. The number of halogens is 2. The molecule has 0 bridgehead atoms.